The van der Waals surface area contributed by atoms with Crippen molar-refractivity contribution in [1.29, 1.82) is 0 Å². The van der Waals surface area contributed by atoms with Crippen molar-refractivity contribution in [2.24, 2.45) is 11.1 Å². The molecule has 0 unspecified atom stereocenters. The first-order valence-corrected chi connectivity index (χ1v) is 7.74. The highest BCUT2D eigenvalue weighted by Gasteiger charge is 2.16. The molecule has 0 aliphatic rings. The van der Waals surface area contributed by atoms with Gasteiger partial charge in [0, 0.05) is 12.1 Å². The third-order valence-corrected chi connectivity index (χ3v) is 3.68. The fourth-order valence-electron chi connectivity index (χ4n) is 1.65. The largest absolute Gasteiger partial charge is 0.352 e. The average Bonchev–Trinajstić information content (AvgIpc) is 2.34. The number of nitrogens with two attached hydrogens (primary N) is 1. The lowest BCUT2D eigenvalue weighted by Gasteiger charge is -2.10. The van der Waals surface area contributed by atoms with E-state index in [1.54, 1.807) is 12.1 Å². The van der Waals surface area contributed by atoms with Crippen LogP contribution in [0.2, 0.25) is 0 Å². The Bertz CT molecular complexity index is 565. The molecular weight excluding hydrogens is 264 g/mol. The maximum absolute atomic E-state index is 11.9. The van der Waals surface area contributed by atoms with Crippen molar-refractivity contribution in [3.63, 3.8) is 0 Å². The SMILES string of the molecule is CCc1ccc(C(=O)NCC(C)C)cc1S(N)(=O)=O. The number of nitrogens with one attached hydrogen (secondary N) is 1. The summed E-state index contributed by atoms with van der Waals surface area (Å²) in [6.45, 7) is 6.34. The number of primary sulfonamides is 1. The van der Waals surface area contributed by atoms with Crippen molar-refractivity contribution < 1.29 is 13.2 Å². The number of amides is 1. The van der Waals surface area contributed by atoms with Crippen LogP contribution >= 0.6 is 0 Å². The zero-order valence-corrected chi connectivity index (χ0v) is 12.3. The van der Waals surface area contributed by atoms with Crippen LogP contribution < -0.4 is 10.5 Å². The Balaban J connectivity index is 3.09. The van der Waals surface area contributed by atoms with Gasteiger partial charge in [0.2, 0.25) is 10.0 Å². The van der Waals surface area contributed by atoms with Gasteiger partial charge in [-0.2, -0.15) is 0 Å². The summed E-state index contributed by atoms with van der Waals surface area (Å²) in [5.74, 6) is 0.0397. The predicted octanol–water partition coefficient (Wildman–Crippen LogP) is 1.28. The zero-order valence-electron chi connectivity index (χ0n) is 11.4. The number of sulfonamides is 1. The monoisotopic (exact) mass is 284 g/mol. The number of carbonyl (C=O) groups is 1. The number of aryl methyl sites for hydroxylation is 1. The third-order valence-electron chi connectivity index (χ3n) is 2.69. The van der Waals surface area contributed by atoms with Crippen molar-refractivity contribution in [2.75, 3.05) is 6.54 Å². The van der Waals surface area contributed by atoms with Crippen molar-refractivity contribution >= 4 is 15.9 Å². The van der Waals surface area contributed by atoms with E-state index in [1.807, 2.05) is 20.8 Å². The zero-order chi connectivity index (χ0) is 14.6. The lowest BCUT2D eigenvalue weighted by Crippen LogP contribution is -2.27. The number of rotatable bonds is 5. The van der Waals surface area contributed by atoms with E-state index in [4.69, 9.17) is 5.14 Å². The molecular formula is C13H20N2O3S. The van der Waals surface area contributed by atoms with Crippen LogP contribution in [0.5, 0.6) is 0 Å². The Labute approximate surface area is 114 Å². The van der Waals surface area contributed by atoms with Gasteiger partial charge >= 0.3 is 0 Å². The molecule has 1 rings (SSSR count). The molecule has 0 fully saturated rings. The lowest BCUT2D eigenvalue weighted by molar-refractivity contribution is 0.0949. The van der Waals surface area contributed by atoms with E-state index >= 15 is 0 Å². The second kappa shape index (κ2) is 6.16. The molecule has 0 aliphatic carbocycles. The standard InChI is InChI=1S/C13H20N2O3S/c1-4-10-5-6-11(7-12(10)19(14,17)18)13(16)15-8-9(2)3/h5-7,9H,4,8H2,1-3H3,(H,15,16)(H2,14,17,18). The van der Waals surface area contributed by atoms with E-state index in [0.717, 1.165) is 0 Å². The van der Waals surface area contributed by atoms with E-state index in [2.05, 4.69) is 5.32 Å². The van der Waals surface area contributed by atoms with Gasteiger partial charge in [-0.15, -0.1) is 0 Å². The Kier molecular flexibility index (Phi) is 5.08. The predicted molar refractivity (Wildman–Crippen MR) is 74.4 cm³/mol. The molecule has 19 heavy (non-hydrogen) atoms. The van der Waals surface area contributed by atoms with Crippen LogP contribution in [0.25, 0.3) is 0 Å². The van der Waals surface area contributed by atoms with E-state index in [1.165, 1.54) is 6.07 Å². The summed E-state index contributed by atoms with van der Waals surface area (Å²) in [5, 5.41) is 7.90. The topological polar surface area (TPSA) is 89.3 Å². The molecule has 0 atom stereocenters. The minimum atomic E-state index is -3.81. The quantitative estimate of drug-likeness (QED) is 0.853. The Morgan fingerprint density at radius 3 is 2.47 bits per heavy atom. The first-order chi connectivity index (χ1) is 8.75. The summed E-state index contributed by atoms with van der Waals surface area (Å²) in [7, 11) is -3.81. The van der Waals surface area contributed by atoms with Gasteiger partial charge in [-0.25, -0.2) is 13.6 Å². The highest BCUT2D eigenvalue weighted by molar-refractivity contribution is 7.89. The van der Waals surface area contributed by atoms with Crippen LogP contribution in [0.3, 0.4) is 0 Å². The molecule has 0 bridgehead atoms. The van der Waals surface area contributed by atoms with Crippen LogP contribution in [-0.2, 0) is 16.4 Å². The minimum Gasteiger partial charge on any atom is -0.352 e. The van der Waals surface area contributed by atoms with Gasteiger partial charge in [-0.1, -0.05) is 26.8 Å². The Hall–Kier alpha value is -1.40. The van der Waals surface area contributed by atoms with Crippen LogP contribution in [0.15, 0.2) is 23.1 Å². The minimum absolute atomic E-state index is 0.0206. The van der Waals surface area contributed by atoms with Crippen LogP contribution in [0.1, 0.15) is 36.7 Å². The molecule has 5 nitrogen and oxygen atoms in total. The number of benzene rings is 1. The van der Waals surface area contributed by atoms with Crippen LogP contribution in [-0.4, -0.2) is 20.9 Å². The molecule has 3 N–H and O–H groups in total. The smallest absolute Gasteiger partial charge is 0.251 e. The summed E-state index contributed by atoms with van der Waals surface area (Å²) in [5.41, 5.74) is 0.921. The molecule has 0 aromatic heterocycles. The van der Waals surface area contributed by atoms with Gasteiger partial charge in [0.25, 0.3) is 5.91 Å². The maximum Gasteiger partial charge on any atom is 0.251 e. The molecule has 1 aromatic rings. The molecule has 1 amide bonds. The van der Waals surface area contributed by atoms with Gasteiger partial charge < -0.3 is 5.32 Å². The van der Waals surface area contributed by atoms with E-state index < -0.39 is 10.0 Å². The fourth-order valence-corrected chi connectivity index (χ4v) is 2.52. The third kappa shape index (κ3) is 4.33. The van der Waals surface area contributed by atoms with E-state index in [0.29, 0.717) is 30.0 Å². The summed E-state index contributed by atoms with van der Waals surface area (Å²) < 4.78 is 23.0. The highest BCUT2D eigenvalue weighted by Crippen LogP contribution is 2.17. The number of carbonyl (C=O) groups excluding carboxylic acids is 1. The molecule has 0 spiro atoms. The first kappa shape index (κ1) is 15.7. The van der Waals surface area contributed by atoms with Crippen LogP contribution in [0.4, 0.5) is 0 Å². The normalized spacial score (nSPS) is 11.6. The molecule has 0 saturated heterocycles. The molecule has 0 radical (unpaired) electrons. The summed E-state index contributed by atoms with van der Waals surface area (Å²) in [6.07, 6.45) is 0.541. The maximum atomic E-state index is 11.9. The molecule has 106 valence electrons. The Morgan fingerprint density at radius 2 is 2.00 bits per heavy atom. The summed E-state index contributed by atoms with van der Waals surface area (Å²) in [4.78, 5) is 11.9. The number of hydrogen-bond acceptors (Lipinski definition) is 3. The van der Waals surface area contributed by atoms with Gasteiger partial charge in [-0.3, -0.25) is 4.79 Å². The number of hydrogen-bond donors (Lipinski definition) is 2. The van der Waals surface area contributed by atoms with Gasteiger partial charge in [0.15, 0.2) is 0 Å². The summed E-state index contributed by atoms with van der Waals surface area (Å²) in [6, 6.07) is 4.58. The molecule has 6 heteroatoms. The molecule has 0 saturated carbocycles. The average molecular weight is 284 g/mol. The fraction of sp³-hybridized carbons (Fsp3) is 0.462. The van der Waals surface area contributed by atoms with Gasteiger partial charge in [0.05, 0.1) is 4.90 Å². The summed E-state index contributed by atoms with van der Waals surface area (Å²) >= 11 is 0. The van der Waals surface area contributed by atoms with Gasteiger partial charge in [0.1, 0.15) is 0 Å². The molecule has 0 heterocycles. The van der Waals surface area contributed by atoms with E-state index in [-0.39, 0.29) is 10.8 Å². The van der Waals surface area contributed by atoms with Crippen LogP contribution in [0, 0.1) is 5.92 Å². The van der Waals surface area contributed by atoms with Crippen molar-refractivity contribution in [2.45, 2.75) is 32.1 Å². The first-order valence-electron chi connectivity index (χ1n) is 6.19. The second-order valence-electron chi connectivity index (χ2n) is 4.82. The van der Waals surface area contributed by atoms with Crippen molar-refractivity contribution in [1.82, 2.24) is 5.32 Å². The lowest BCUT2D eigenvalue weighted by atomic mass is 10.1. The highest BCUT2D eigenvalue weighted by atomic mass is 32.2. The Morgan fingerprint density at radius 1 is 1.37 bits per heavy atom. The molecule has 1 aromatic carbocycles. The molecule has 0 aliphatic heterocycles. The second-order valence-corrected chi connectivity index (χ2v) is 6.35. The van der Waals surface area contributed by atoms with Crippen molar-refractivity contribution in [3.05, 3.63) is 29.3 Å². The van der Waals surface area contributed by atoms with Crippen molar-refractivity contribution in [3.8, 4) is 0 Å². The van der Waals surface area contributed by atoms with Gasteiger partial charge in [-0.05, 0) is 30.0 Å². The van der Waals surface area contributed by atoms with E-state index in [9.17, 15) is 13.2 Å².